The molecule has 0 aromatic carbocycles. The fourth-order valence-corrected chi connectivity index (χ4v) is 5.31. The monoisotopic (exact) mass is 312 g/mol. The molecular formula is C16H24O2S2. The Hall–Kier alpha value is -0.610. The van der Waals surface area contributed by atoms with Crippen molar-refractivity contribution in [3.63, 3.8) is 0 Å². The van der Waals surface area contributed by atoms with E-state index in [2.05, 4.69) is 6.92 Å². The molecule has 0 fully saturated rings. The number of hydrogen-bond donors (Lipinski definition) is 0. The second-order valence-electron chi connectivity index (χ2n) is 5.51. The molecule has 112 valence electrons. The quantitative estimate of drug-likeness (QED) is 0.588. The first-order valence-electron chi connectivity index (χ1n) is 7.69. The number of fused-ring (bicyclic) bond motifs is 1. The zero-order valence-electron chi connectivity index (χ0n) is 12.2. The number of rotatable bonds is 9. The first-order valence-corrected chi connectivity index (χ1v) is 10.1. The Balaban J connectivity index is 1.65. The minimum absolute atomic E-state index is 0.525. The Morgan fingerprint density at radius 3 is 2.30 bits per heavy atom. The van der Waals surface area contributed by atoms with Gasteiger partial charge in [-0.15, -0.1) is 11.3 Å². The van der Waals surface area contributed by atoms with E-state index in [0.717, 1.165) is 11.3 Å². The third kappa shape index (κ3) is 4.19. The van der Waals surface area contributed by atoms with E-state index in [1.807, 2.05) is 6.07 Å². The lowest BCUT2D eigenvalue weighted by atomic mass is 10.1. The van der Waals surface area contributed by atoms with Crippen LogP contribution in [0.1, 0.15) is 68.0 Å². The summed E-state index contributed by atoms with van der Waals surface area (Å²) in [7, 11) is -3.10. The van der Waals surface area contributed by atoms with Crippen molar-refractivity contribution in [2.45, 2.75) is 69.6 Å². The van der Waals surface area contributed by atoms with Gasteiger partial charge in [0.25, 0.3) is 0 Å². The molecule has 2 nitrogen and oxygen atoms in total. The summed E-state index contributed by atoms with van der Waals surface area (Å²) < 4.78 is 23.4. The SMILES string of the molecule is CCCCCCCCCCc1cc2c(s1)C=CS2(=O)=O. The molecule has 0 spiro atoms. The van der Waals surface area contributed by atoms with Gasteiger partial charge >= 0.3 is 0 Å². The van der Waals surface area contributed by atoms with Gasteiger partial charge in [-0.2, -0.15) is 0 Å². The standard InChI is InChI=1S/C16H24O2S2/c1-2-3-4-5-6-7-8-9-10-14-13-16-15(19-14)11-12-20(16,17)18/h11-13H,2-10H2,1H3. The average Bonchev–Trinajstić information content (AvgIpc) is 2.94. The van der Waals surface area contributed by atoms with E-state index < -0.39 is 9.84 Å². The molecule has 0 saturated heterocycles. The molecule has 1 aromatic rings. The molecular weight excluding hydrogens is 288 g/mol. The van der Waals surface area contributed by atoms with Crippen molar-refractivity contribution in [3.8, 4) is 0 Å². The van der Waals surface area contributed by atoms with Crippen LogP contribution in [-0.4, -0.2) is 8.42 Å². The van der Waals surface area contributed by atoms with E-state index in [4.69, 9.17) is 0 Å². The maximum atomic E-state index is 11.7. The zero-order valence-corrected chi connectivity index (χ0v) is 13.9. The molecule has 0 N–H and O–H groups in total. The number of aryl methyl sites for hydroxylation is 1. The number of sulfone groups is 1. The van der Waals surface area contributed by atoms with Gasteiger partial charge in [0.2, 0.25) is 9.84 Å². The summed E-state index contributed by atoms with van der Waals surface area (Å²) in [6, 6.07) is 1.87. The van der Waals surface area contributed by atoms with Crippen molar-refractivity contribution in [3.05, 3.63) is 21.2 Å². The highest BCUT2D eigenvalue weighted by atomic mass is 32.2. The number of thiophene rings is 1. The number of hydrogen-bond acceptors (Lipinski definition) is 3. The fraction of sp³-hybridized carbons (Fsp3) is 0.625. The van der Waals surface area contributed by atoms with Gasteiger partial charge < -0.3 is 0 Å². The fourth-order valence-electron chi connectivity index (χ4n) is 2.56. The maximum absolute atomic E-state index is 11.7. The van der Waals surface area contributed by atoms with Gasteiger partial charge in [0, 0.05) is 15.2 Å². The lowest BCUT2D eigenvalue weighted by Gasteiger charge is -2.00. The first kappa shape index (κ1) is 15.8. The molecule has 0 atom stereocenters. The van der Waals surface area contributed by atoms with Crippen LogP contribution >= 0.6 is 11.3 Å². The minimum Gasteiger partial charge on any atom is -0.219 e. The Bertz CT molecular complexity index is 553. The largest absolute Gasteiger partial charge is 0.219 e. The Kier molecular flexibility index (Phi) is 5.85. The summed E-state index contributed by atoms with van der Waals surface area (Å²) in [6.07, 6.45) is 13.3. The second kappa shape index (κ2) is 7.41. The summed E-state index contributed by atoms with van der Waals surface area (Å²) in [4.78, 5) is 2.66. The first-order chi connectivity index (χ1) is 9.63. The van der Waals surface area contributed by atoms with Crippen LogP contribution in [0.3, 0.4) is 0 Å². The molecule has 4 heteroatoms. The van der Waals surface area contributed by atoms with Gasteiger partial charge in [-0.3, -0.25) is 0 Å². The van der Waals surface area contributed by atoms with Crippen LogP contribution in [0.4, 0.5) is 0 Å². The molecule has 0 unspecified atom stereocenters. The highest BCUT2D eigenvalue weighted by molar-refractivity contribution is 7.95. The molecule has 0 aliphatic carbocycles. The third-order valence-corrected chi connectivity index (χ3v) is 6.49. The van der Waals surface area contributed by atoms with Gasteiger partial charge in [-0.1, -0.05) is 51.9 Å². The van der Waals surface area contributed by atoms with Crippen molar-refractivity contribution >= 4 is 27.3 Å². The normalized spacial score (nSPS) is 15.7. The molecule has 0 radical (unpaired) electrons. The minimum atomic E-state index is -3.10. The van der Waals surface area contributed by atoms with Crippen molar-refractivity contribution in [1.29, 1.82) is 0 Å². The predicted octanol–water partition coefficient (Wildman–Crippen LogP) is 5.19. The van der Waals surface area contributed by atoms with Crippen molar-refractivity contribution in [2.75, 3.05) is 0 Å². The molecule has 0 amide bonds. The van der Waals surface area contributed by atoms with Gasteiger partial charge in [-0.25, -0.2) is 8.42 Å². The lowest BCUT2D eigenvalue weighted by molar-refractivity contribution is 0.576. The van der Waals surface area contributed by atoms with Gasteiger partial charge in [0.1, 0.15) is 0 Å². The van der Waals surface area contributed by atoms with Crippen LogP contribution in [0, 0.1) is 0 Å². The van der Waals surface area contributed by atoms with Crippen LogP contribution in [0.2, 0.25) is 0 Å². The Morgan fingerprint density at radius 2 is 1.65 bits per heavy atom. The summed E-state index contributed by atoms with van der Waals surface area (Å²) >= 11 is 1.63. The molecule has 20 heavy (non-hydrogen) atoms. The van der Waals surface area contributed by atoms with E-state index in [1.165, 1.54) is 61.7 Å². The summed E-state index contributed by atoms with van der Waals surface area (Å²) in [5.41, 5.74) is 0. The molecule has 1 aliphatic heterocycles. The summed E-state index contributed by atoms with van der Waals surface area (Å²) in [5, 5.41) is 1.31. The van der Waals surface area contributed by atoms with Crippen LogP contribution in [0.5, 0.6) is 0 Å². The topological polar surface area (TPSA) is 34.1 Å². The molecule has 2 heterocycles. The average molecular weight is 313 g/mol. The summed E-state index contributed by atoms with van der Waals surface area (Å²) in [5.74, 6) is 0. The van der Waals surface area contributed by atoms with Gasteiger partial charge in [0.05, 0.1) is 4.90 Å². The Morgan fingerprint density at radius 1 is 1.00 bits per heavy atom. The van der Waals surface area contributed by atoms with E-state index >= 15 is 0 Å². The van der Waals surface area contributed by atoms with Gasteiger partial charge in [0.15, 0.2) is 0 Å². The van der Waals surface area contributed by atoms with E-state index in [1.54, 1.807) is 17.4 Å². The summed E-state index contributed by atoms with van der Waals surface area (Å²) in [6.45, 7) is 2.24. The van der Waals surface area contributed by atoms with Gasteiger partial charge in [-0.05, 0) is 25.0 Å². The number of unbranched alkanes of at least 4 members (excludes halogenated alkanes) is 7. The van der Waals surface area contributed by atoms with Crippen molar-refractivity contribution < 1.29 is 8.42 Å². The van der Waals surface area contributed by atoms with Crippen LogP contribution in [0.15, 0.2) is 16.4 Å². The third-order valence-electron chi connectivity index (χ3n) is 3.76. The van der Waals surface area contributed by atoms with E-state index in [9.17, 15) is 8.42 Å². The highest BCUT2D eigenvalue weighted by Crippen LogP contribution is 2.34. The molecule has 0 bridgehead atoms. The van der Waals surface area contributed by atoms with Crippen molar-refractivity contribution in [1.82, 2.24) is 0 Å². The lowest BCUT2D eigenvalue weighted by Crippen LogP contribution is -1.90. The second-order valence-corrected chi connectivity index (χ2v) is 8.48. The molecule has 1 aromatic heterocycles. The highest BCUT2D eigenvalue weighted by Gasteiger charge is 2.23. The predicted molar refractivity (Wildman–Crippen MR) is 86.9 cm³/mol. The van der Waals surface area contributed by atoms with Crippen LogP contribution < -0.4 is 0 Å². The molecule has 0 saturated carbocycles. The van der Waals surface area contributed by atoms with Crippen LogP contribution in [-0.2, 0) is 16.3 Å². The van der Waals surface area contributed by atoms with Crippen LogP contribution in [0.25, 0.3) is 6.08 Å². The molecule has 2 rings (SSSR count). The molecule has 1 aliphatic rings. The Labute approximate surface area is 126 Å². The zero-order chi connectivity index (χ0) is 14.4. The maximum Gasteiger partial charge on any atom is 0.201 e. The van der Waals surface area contributed by atoms with E-state index in [0.29, 0.717) is 4.90 Å². The van der Waals surface area contributed by atoms with Crippen molar-refractivity contribution in [2.24, 2.45) is 0 Å². The van der Waals surface area contributed by atoms with E-state index in [-0.39, 0.29) is 0 Å². The smallest absolute Gasteiger partial charge is 0.201 e.